The average molecular weight is 273 g/mol. The smallest absolute Gasteiger partial charge is 0.408 e. The van der Waals surface area contributed by atoms with Crippen LogP contribution < -0.4 is 5.32 Å². The van der Waals surface area contributed by atoms with Crippen LogP contribution in [0.3, 0.4) is 0 Å². The third-order valence-electron chi connectivity index (χ3n) is 3.44. The number of amides is 1. The van der Waals surface area contributed by atoms with Gasteiger partial charge in [0.1, 0.15) is 5.60 Å². The fourth-order valence-corrected chi connectivity index (χ4v) is 2.50. The van der Waals surface area contributed by atoms with E-state index in [1.807, 2.05) is 0 Å². The number of rotatable bonds is 4. The van der Waals surface area contributed by atoms with Gasteiger partial charge in [0.2, 0.25) is 0 Å². The van der Waals surface area contributed by atoms with Crippen molar-refractivity contribution in [3.05, 3.63) is 0 Å². The van der Waals surface area contributed by atoms with Crippen molar-refractivity contribution in [3.8, 4) is 0 Å². The number of alkyl carbamates (subject to hydrolysis) is 1. The van der Waals surface area contributed by atoms with E-state index in [1.54, 1.807) is 20.8 Å². The molecule has 1 aliphatic carbocycles. The first-order chi connectivity index (χ1) is 8.83. The quantitative estimate of drug-likeness (QED) is 0.730. The third-order valence-corrected chi connectivity index (χ3v) is 3.44. The molecule has 0 bridgehead atoms. The molecule has 1 fully saturated rings. The summed E-state index contributed by atoms with van der Waals surface area (Å²) in [7, 11) is 0. The molecule has 5 heteroatoms. The molecule has 0 unspecified atom stereocenters. The Bertz CT molecular complexity index is 282. The molecule has 112 valence electrons. The Morgan fingerprint density at radius 1 is 1.32 bits per heavy atom. The van der Waals surface area contributed by atoms with Gasteiger partial charge in [0.05, 0.1) is 18.8 Å². The zero-order valence-electron chi connectivity index (χ0n) is 12.2. The SMILES string of the molecule is CC(C)(C)OC(=O)N[C@@H](CO)[C@@H](O)C1CCCCC1. The third kappa shape index (κ3) is 5.78. The summed E-state index contributed by atoms with van der Waals surface area (Å²) in [5, 5.41) is 22.2. The second-order valence-electron chi connectivity index (χ2n) is 6.32. The summed E-state index contributed by atoms with van der Waals surface area (Å²) in [5.41, 5.74) is -0.583. The lowest BCUT2D eigenvalue weighted by Gasteiger charge is -2.32. The van der Waals surface area contributed by atoms with Gasteiger partial charge in [-0.2, -0.15) is 0 Å². The molecule has 0 aromatic carbocycles. The molecule has 2 atom stereocenters. The summed E-state index contributed by atoms with van der Waals surface area (Å²) in [6.45, 7) is 5.05. The highest BCUT2D eigenvalue weighted by atomic mass is 16.6. The number of carbonyl (C=O) groups excluding carboxylic acids is 1. The molecule has 1 amide bonds. The molecule has 0 aromatic rings. The highest BCUT2D eigenvalue weighted by Crippen LogP contribution is 2.27. The maximum absolute atomic E-state index is 11.7. The van der Waals surface area contributed by atoms with Crippen molar-refractivity contribution in [2.24, 2.45) is 5.92 Å². The van der Waals surface area contributed by atoms with Crippen molar-refractivity contribution in [2.75, 3.05) is 6.61 Å². The molecule has 0 saturated heterocycles. The van der Waals surface area contributed by atoms with Gasteiger partial charge in [0, 0.05) is 0 Å². The molecule has 1 rings (SSSR count). The molecule has 0 aliphatic heterocycles. The summed E-state index contributed by atoms with van der Waals surface area (Å²) in [5.74, 6) is 0.154. The van der Waals surface area contributed by atoms with Crippen molar-refractivity contribution >= 4 is 6.09 Å². The van der Waals surface area contributed by atoms with Crippen molar-refractivity contribution in [1.29, 1.82) is 0 Å². The van der Waals surface area contributed by atoms with Crippen molar-refractivity contribution in [3.63, 3.8) is 0 Å². The highest BCUT2D eigenvalue weighted by molar-refractivity contribution is 5.68. The second kappa shape index (κ2) is 7.10. The first kappa shape index (κ1) is 16.2. The first-order valence-electron chi connectivity index (χ1n) is 7.12. The average Bonchev–Trinajstić information content (AvgIpc) is 2.34. The summed E-state index contributed by atoms with van der Waals surface area (Å²) >= 11 is 0. The lowest BCUT2D eigenvalue weighted by atomic mass is 9.83. The van der Waals surface area contributed by atoms with Gasteiger partial charge in [-0.05, 0) is 39.5 Å². The zero-order chi connectivity index (χ0) is 14.5. The molecule has 1 aliphatic rings. The van der Waals surface area contributed by atoms with Crippen molar-refractivity contribution in [2.45, 2.75) is 70.6 Å². The highest BCUT2D eigenvalue weighted by Gasteiger charge is 2.30. The Morgan fingerprint density at radius 3 is 2.37 bits per heavy atom. The number of aliphatic hydroxyl groups excluding tert-OH is 2. The molecule has 0 radical (unpaired) electrons. The van der Waals surface area contributed by atoms with E-state index in [0.717, 1.165) is 25.7 Å². The van der Waals surface area contributed by atoms with E-state index >= 15 is 0 Å². The Balaban J connectivity index is 2.49. The molecular formula is C14H27NO4. The van der Waals surface area contributed by atoms with Crippen LogP contribution in [0.2, 0.25) is 0 Å². The van der Waals surface area contributed by atoms with Gasteiger partial charge in [0.25, 0.3) is 0 Å². The van der Waals surface area contributed by atoms with Crippen LogP contribution in [0.5, 0.6) is 0 Å². The summed E-state index contributed by atoms with van der Waals surface area (Å²) in [4.78, 5) is 11.7. The van der Waals surface area contributed by atoms with E-state index in [0.29, 0.717) is 0 Å². The zero-order valence-corrected chi connectivity index (χ0v) is 12.2. The predicted molar refractivity (Wildman–Crippen MR) is 72.8 cm³/mol. The van der Waals surface area contributed by atoms with E-state index < -0.39 is 23.8 Å². The van der Waals surface area contributed by atoms with Gasteiger partial charge in [-0.3, -0.25) is 0 Å². The van der Waals surface area contributed by atoms with Gasteiger partial charge in [-0.15, -0.1) is 0 Å². The number of hydrogen-bond acceptors (Lipinski definition) is 4. The van der Waals surface area contributed by atoms with E-state index in [1.165, 1.54) is 6.42 Å². The maximum Gasteiger partial charge on any atom is 0.408 e. The summed E-state index contributed by atoms with van der Waals surface area (Å²) < 4.78 is 5.14. The lowest BCUT2D eigenvalue weighted by Crippen LogP contribution is -2.50. The van der Waals surface area contributed by atoms with Crippen LogP contribution in [0.25, 0.3) is 0 Å². The fourth-order valence-electron chi connectivity index (χ4n) is 2.50. The normalized spacial score (nSPS) is 20.7. The molecule has 5 nitrogen and oxygen atoms in total. The molecule has 3 N–H and O–H groups in total. The van der Waals surface area contributed by atoms with Crippen molar-refractivity contribution < 1.29 is 19.7 Å². The monoisotopic (exact) mass is 273 g/mol. The van der Waals surface area contributed by atoms with Crippen LogP contribution in [0.15, 0.2) is 0 Å². The van der Waals surface area contributed by atoms with Crippen LogP contribution in [0, 0.1) is 5.92 Å². The van der Waals surface area contributed by atoms with E-state index in [-0.39, 0.29) is 12.5 Å². The predicted octanol–water partition coefficient (Wildman–Crippen LogP) is 1.81. The maximum atomic E-state index is 11.7. The molecule has 0 aromatic heterocycles. The minimum absolute atomic E-state index is 0.154. The Labute approximate surface area is 115 Å². The van der Waals surface area contributed by atoms with E-state index in [4.69, 9.17) is 4.74 Å². The van der Waals surface area contributed by atoms with Gasteiger partial charge in [0.15, 0.2) is 0 Å². The largest absolute Gasteiger partial charge is 0.444 e. The number of ether oxygens (including phenoxy) is 1. The molecule has 19 heavy (non-hydrogen) atoms. The summed E-state index contributed by atoms with van der Waals surface area (Å²) in [6, 6.07) is -0.655. The Morgan fingerprint density at radius 2 is 1.89 bits per heavy atom. The minimum Gasteiger partial charge on any atom is -0.444 e. The van der Waals surface area contributed by atoms with Gasteiger partial charge >= 0.3 is 6.09 Å². The number of hydrogen-bond donors (Lipinski definition) is 3. The van der Waals surface area contributed by atoms with Crippen LogP contribution in [-0.2, 0) is 4.74 Å². The number of carbonyl (C=O) groups is 1. The lowest BCUT2D eigenvalue weighted by molar-refractivity contribution is 0.0127. The Kier molecular flexibility index (Phi) is 6.07. The fraction of sp³-hybridized carbons (Fsp3) is 0.929. The van der Waals surface area contributed by atoms with Crippen LogP contribution >= 0.6 is 0 Å². The van der Waals surface area contributed by atoms with Crippen molar-refractivity contribution in [1.82, 2.24) is 5.32 Å². The van der Waals surface area contributed by atoms with Crippen LogP contribution in [0.4, 0.5) is 4.79 Å². The van der Waals surface area contributed by atoms with Crippen LogP contribution in [0.1, 0.15) is 52.9 Å². The minimum atomic E-state index is -0.710. The van der Waals surface area contributed by atoms with Gasteiger partial charge < -0.3 is 20.3 Å². The molecular weight excluding hydrogens is 246 g/mol. The topological polar surface area (TPSA) is 78.8 Å². The van der Waals surface area contributed by atoms with Gasteiger partial charge in [-0.25, -0.2) is 4.79 Å². The van der Waals surface area contributed by atoms with Gasteiger partial charge in [-0.1, -0.05) is 19.3 Å². The summed E-state index contributed by atoms with van der Waals surface area (Å²) in [6.07, 6.45) is 4.01. The molecule has 0 spiro atoms. The number of aliphatic hydroxyl groups is 2. The standard InChI is InChI=1S/C14H27NO4/c1-14(2,3)19-13(18)15-11(9-16)12(17)10-7-5-4-6-8-10/h10-12,16-17H,4-9H2,1-3H3,(H,15,18)/t11-,12-/m0/s1. The number of nitrogens with one attached hydrogen (secondary N) is 1. The first-order valence-corrected chi connectivity index (χ1v) is 7.12. The van der Waals surface area contributed by atoms with Crippen LogP contribution in [-0.4, -0.2) is 40.7 Å². The van der Waals surface area contributed by atoms with E-state index in [9.17, 15) is 15.0 Å². The molecule has 0 heterocycles. The van der Waals surface area contributed by atoms with E-state index in [2.05, 4.69) is 5.32 Å². The second-order valence-corrected chi connectivity index (χ2v) is 6.32. The Hall–Kier alpha value is -0.810. The molecule has 1 saturated carbocycles.